The van der Waals surface area contributed by atoms with Crippen LogP contribution in [0.1, 0.15) is 22.5 Å². The Balaban J connectivity index is 1.34. The van der Waals surface area contributed by atoms with Crippen molar-refractivity contribution in [3.05, 3.63) is 59.9 Å². The quantitative estimate of drug-likeness (QED) is 0.664. The van der Waals surface area contributed by atoms with Crippen molar-refractivity contribution in [3.63, 3.8) is 0 Å². The highest BCUT2D eigenvalue weighted by molar-refractivity contribution is 5.92. The molecule has 1 amide bonds. The summed E-state index contributed by atoms with van der Waals surface area (Å²) in [5, 5.41) is 6.29. The summed E-state index contributed by atoms with van der Waals surface area (Å²) >= 11 is 0. The third-order valence-electron chi connectivity index (χ3n) is 4.63. The zero-order valence-corrected chi connectivity index (χ0v) is 15.7. The second kappa shape index (κ2) is 10.6. The van der Waals surface area contributed by atoms with Gasteiger partial charge in [-0.3, -0.25) is 9.69 Å². The lowest BCUT2D eigenvalue weighted by Crippen LogP contribution is -2.39. The zero-order chi connectivity index (χ0) is 18.7. The van der Waals surface area contributed by atoms with Crippen molar-refractivity contribution in [2.45, 2.75) is 12.8 Å². The van der Waals surface area contributed by atoms with Gasteiger partial charge in [-0.25, -0.2) is 4.98 Å². The minimum absolute atomic E-state index is 0.122. The molecule has 144 valence electrons. The average Bonchev–Trinajstić information content (AvgIpc) is 2.73. The third-order valence-corrected chi connectivity index (χ3v) is 4.63. The van der Waals surface area contributed by atoms with Crippen molar-refractivity contribution in [2.75, 3.05) is 51.3 Å². The second-order valence-corrected chi connectivity index (χ2v) is 6.66. The Bertz CT molecular complexity index is 685. The predicted octanol–water partition coefficient (Wildman–Crippen LogP) is 2.19. The van der Waals surface area contributed by atoms with Gasteiger partial charge in [0, 0.05) is 32.7 Å². The smallest absolute Gasteiger partial charge is 0.269 e. The van der Waals surface area contributed by atoms with Gasteiger partial charge in [0.2, 0.25) is 0 Å². The van der Waals surface area contributed by atoms with E-state index in [1.807, 2.05) is 24.3 Å². The van der Waals surface area contributed by atoms with Crippen molar-refractivity contribution in [3.8, 4) is 0 Å². The van der Waals surface area contributed by atoms with Crippen LogP contribution in [0, 0.1) is 0 Å². The van der Waals surface area contributed by atoms with E-state index < -0.39 is 0 Å². The number of benzene rings is 1. The van der Waals surface area contributed by atoms with Crippen LogP contribution < -0.4 is 10.6 Å². The van der Waals surface area contributed by atoms with Gasteiger partial charge in [0.1, 0.15) is 5.69 Å². The molecule has 1 aromatic carbocycles. The van der Waals surface area contributed by atoms with E-state index in [0.717, 1.165) is 57.9 Å². The van der Waals surface area contributed by atoms with E-state index in [-0.39, 0.29) is 5.91 Å². The van der Waals surface area contributed by atoms with Crippen LogP contribution in [-0.4, -0.2) is 61.7 Å². The predicted molar refractivity (Wildman–Crippen MR) is 107 cm³/mol. The molecule has 1 saturated heterocycles. The number of pyridine rings is 1. The Morgan fingerprint density at radius 2 is 1.89 bits per heavy atom. The first-order chi connectivity index (χ1) is 13.3. The van der Waals surface area contributed by atoms with Crippen LogP contribution in [0.3, 0.4) is 0 Å². The molecule has 6 heteroatoms. The molecule has 3 rings (SSSR count). The van der Waals surface area contributed by atoms with E-state index >= 15 is 0 Å². The van der Waals surface area contributed by atoms with Crippen LogP contribution in [0.2, 0.25) is 0 Å². The fourth-order valence-corrected chi connectivity index (χ4v) is 3.05. The van der Waals surface area contributed by atoms with Crippen LogP contribution in [0.5, 0.6) is 0 Å². The number of morpholine rings is 1. The number of nitrogens with one attached hydrogen (secondary N) is 2. The van der Waals surface area contributed by atoms with Gasteiger partial charge in [0.05, 0.1) is 25.1 Å². The molecule has 27 heavy (non-hydrogen) atoms. The molecule has 0 spiro atoms. The molecule has 0 aliphatic carbocycles. The van der Waals surface area contributed by atoms with E-state index in [2.05, 4.69) is 32.7 Å². The summed E-state index contributed by atoms with van der Waals surface area (Å²) < 4.78 is 5.35. The summed E-state index contributed by atoms with van der Waals surface area (Å²) in [4.78, 5) is 18.8. The number of carbonyl (C=O) groups is 1. The van der Waals surface area contributed by atoms with Gasteiger partial charge in [-0.05, 0) is 30.5 Å². The topological polar surface area (TPSA) is 66.5 Å². The maximum absolute atomic E-state index is 12.2. The number of ether oxygens (including phenoxy) is 1. The number of nitrogens with zero attached hydrogens (tertiary/aromatic N) is 2. The van der Waals surface area contributed by atoms with Crippen molar-refractivity contribution in [2.24, 2.45) is 0 Å². The maximum Gasteiger partial charge on any atom is 0.269 e. The van der Waals surface area contributed by atoms with Crippen LogP contribution >= 0.6 is 0 Å². The van der Waals surface area contributed by atoms with Crippen molar-refractivity contribution >= 4 is 11.6 Å². The first-order valence-corrected chi connectivity index (χ1v) is 9.63. The number of aryl methyl sites for hydroxylation is 1. The van der Waals surface area contributed by atoms with Gasteiger partial charge in [-0.15, -0.1) is 0 Å². The first-order valence-electron chi connectivity index (χ1n) is 9.63. The highest BCUT2D eigenvalue weighted by atomic mass is 16.5. The molecule has 0 saturated carbocycles. The number of aromatic nitrogens is 1. The second-order valence-electron chi connectivity index (χ2n) is 6.66. The number of amides is 1. The Hall–Kier alpha value is -2.44. The van der Waals surface area contributed by atoms with Gasteiger partial charge < -0.3 is 15.4 Å². The minimum atomic E-state index is -0.122. The van der Waals surface area contributed by atoms with E-state index in [9.17, 15) is 4.79 Å². The van der Waals surface area contributed by atoms with E-state index in [1.54, 1.807) is 12.3 Å². The summed E-state index contributed by atoms with van der Waals surface area (Å²) in [6, 6.07) is 14.0. The van der Waals surface area contributed by atoms with E-state index in [0.29, 0.717) is 12.2 Å². The minimum Gasteiger partial charge on any atom is -0.383 e. The first kappa shape index (κ1) is 19.3. The summed E-state index contributed by atoms with van der Waals surface area (Å²) in [6.07, 6.45) is 3.59. The lowest BCUT2D eigenvalue weighted by atomic mass is 10.1. The van der Waals surface area contributed by atoms with Gasteiger partial charge in [0.25, 0.3) is 5.91 Å². The lowest BCUT2D eigenvalue weighted by molar-refractivity contribution is 0.0398. The summed E-state index contributed by atoms with van der Waals surface area (Å²) in [5.74, 6) is -0.122. The Labute approximate surface area is 160 Å². The molecule has 2 N–H and O–H groups in total. The number of rotatable bonds is 9. The van der Waals surface area contributed by atoms with Crippen molar-refractivity contribution in [1.29, 1.82) is 0 Å². The molecule has 0 radical (unpaired) electrons. The van der Waals surface area contributed by atoms with Crippen LogP contribution in [0.15, 0.2) is 48.7 Å². The normalized spacial score (nSPS) is 14.7. The molecule has 1 aliphatic rings. The fourth-order valence-electron chi connectivity index (χ4n) is 3.05. The Kier molecular flexibility index (Phi) is 7.62. The standard InChI is InChI=1S/C21H28N4O2/c26-21(23-10-4-7-18-5-2-1-3-6-18)20-9-8-19(17-24-20)22-11-12-25-13-15-27-16-14-25/h1-3,5-6,8-9,17,22H,4,7,10-16H2,(H,23,26). The van der Waals surface area contributed by atoms with E-state index in [1.165, 1.54) is 5.56 Å². The van der Waals surface area contributed by atoms with E-state index in [4.69, 9.17) is 4.74 Å². The molecule has 2 heterocycles. The molecule has 1 aromatic heterocycles. The Morgan fingerprint density at radius 3 is 2.63 bits per heavy atom. The molecule has 6 nitrogen and oxygen atoms in total. The van der Waals surface area contributed by atoms with Crippen LogP contribution in [0.4, 0.5) is 5.69 Å². The Morgan fingerprint density at radius 1 is 1.07 bits per heavy atom. The zero-order valence-electron chi connectivity index (χ0n) is 15.7. The fraction of sp³-hybridized carbons (Fsp3) is 0.429. The van der Waals surface area contributed by atoms with Crippen LogP contribution in [-0.2, 0) is 11.2 Å². The number of hydrogen-bond donors (Lipinski definition) is 2. The molecule has 0 atom stereocenters. The largest absolute Gasteiger partial charge is 0.383 e. The summed E-state index contributed by atoms with van der Waals surface area (Å²) in [5.41, 5.74) is 2.68. The number of anilines is 1. The maximum atomic E-state index is 12.2. The van der Waals surface area contributed by atoms with Gasteiger partial charge in [0.15, 0.2) is 0 Å². The van der Waals surface area contributed by atoms with Gasteiger partial charge in [-0.1, -0.05) is 30.3 Å². The summed E-state index contributed by atoms with van der Waals surface area (Å²) in [7, 11) is 0. The molecule has 1 aliphatic heterocycles. The monoisotopic (exact) mass is 368 g/mol. The molecule has 0 unspecified atom stereocenters. The van der Waals surface area contributed by atoms with Crippen LogP contribution in [0.25, 0.3) is 0 Å². The number of hydrogen-bond acceptors (Lipinski definition) is 5. The molecule has 0 bridgehead atoms. The van der Waals surface area contributed by atoms with Crippen molar-refractivity contribution in [1.82, 2.24) is 15.2 Å². The molecule has 2 aromatic rings. The molecular formula is C21H28N4O2. The highest BCUT2D eigenvalue weighted by Crippen LogP contribution is 2.07. The lowest BCUT2D eigenvalue weighted by Gasteiger charge is -2.26. The van der Waals surface area contributed by atoms with Gasteiger partial charge in [-0.2, -0.15) is 0 Å². The average molecular weight is 368 g/mol. The highest BCUT2D eigenvalue weighted by Gasteiger charge is 2.10. The number of carbonyl (C=O) groups excluding carboxylic acids is 1. The van der Waals surface area contributed by atoms with Gasteiger partial charge >= 0.3 is 0 Å². The molecular weight excluding hydrogens is 340 g/mol. The SMILES string of the molecule is O=C(NCCCc1ccccc1)c1ccc(NCCN2CCOCC2)cn1. The summed E-state index contributed by atoms with van der Waals surface area (Å²) in [6.45, 7) is 6.09. The van der Waals surface area contributed by atoms with Crippen molar-refractivity contribution < 1.29 is 9.53 Å². The third kappa shape index (κ3) is 6.66. The molecule has 1 fully saturated rings.